The molecule has 0 aliphatic heterocycles. The number of fused-ring (bicyclic) bond motifs is 1. The third-order valence-electron chi connectivity index (χ3n) is 3.47. The zero-order valence-electron chi connectivity index (χ0n) is 11.5. The van der Waals surface area contributed by atoms with Crippen LogP contribution in [0, 0.1) is 6.92 Å². The highest BCUT2D eigenvalue weighted by molar-refractivity contribution is 7.15. The molecule has 5 heteroatoms. The second-order valence-electron chi connectivity index (χ2n) is 4.91. The van der Waals surface area contributed by atoms with Crippen molar-refractivity contribution in [3.05, 3.63) is 52.3 Å². The lowest BCUT2D eigenvalue weighted by Crippen LogP contribution is -2.05. The van der Waals surface area contributed by atoms with Crippen molar-refractivity contribution in [2.75, 3.05) is 6.54 Å². The first-order chi connectivity index (χ1) is 9.78. The van der Waals surface area contributed by atoms with Crippen LogP contribution in [-0.4, -0.2) is 21.1 Å². The molecule has 0 spiro atoms. The van der Waals surface area contributed by atoms with E-state index in [-0.39, 0.29) is 0 Å². The van der Waals surface area contributed by atoms with Crippen molar-refractivity contribution in [1.82, 2.24) is 14.6 Å². The lowest BCUT2D eigenvalue weighted by Gasteiger charge is -2.02. The quantitative estimate of drug-likeness (QED) is 0.783. The zero-order chi connectivity index (χ0) is 13.9. The van der Waals surface area contributed by atoms with E-state index in [0.717, 1.165) is 35.7 Å². The van der Waals surface area contributed by atoms with Crippen LogP contribution < -0.4 is 5.73 Å². The average molecular weight is 286 g/mol. The molecule has 0 saturated carbocycles. The number of benzene rings is 1. The van der Waals surface area contributed by atoms with Crippen molar-refractivity contribution in [2.24, 2.45) is 5.73 Å². The number of nitrogens with two attached hydrogens (primary N) is 1. The largest absolute Gasteiger partial charge is 0.330 e. The lowest BCUT2D eigenvalue weighted by molar-refractivity contribution is 0.795. The van der Waals surface area contributed by atoms with E-state index in [0.29, 0.717) is 6.54 Å². The molecule has 0 bridgehead atoms. The van der Waals surface area contributed by atoms with Crippen LogP contribution in [0.3, 0.4) is 0 Å². The van der Waals surface area contributed by atoms with Crippen LogP contribution >= 0.6 is 11.3 Å². The first-order valence-electron chi connectivity index (χ1n) is 6.84. The van der Waals surface area contributed by atoms with Crippen molar-refractivity contribution in [3.63, 3.8) is 0 Å². The molecule has 2 N–H and O–H groups in total. The molecule has 0 fully saturated rings. The van der Waals surface area contributed by atoms with Gasteiger partial charge in [-0.2, -0.15) is 5.10 Å². The molecule has 0 radical (unpaired) electrons. The van der Waals surface area contributed by atoms with E-state index in [1.54, 1.807) is 11.3 Å². The monoisotopic (exact) mass is 286 g/mol. The van der Waals surface area contributed by atoms with Gasteiger partial charge >= 0.3 is 0 Å². The van der Waals surface area contributed by atoms with Crippen LogP contribution in [0.4, 0.5) is 0 Å². The van der Waals surface area contributed by atoms with E-state index in [2.05, 4.69) is 46.7 Å². The first-order valence-corrected chi connectivity index (χ1v) is 7.72. The molecular weight excluding hydrogens is 268 g/mol. The number of nitrogens with zero attached hydrogens (tertiary/aromatic N) is 3. The maximum atomic E-state index is 5.61. The van der Waals surface area contributed by atoms with E-state index in [9.17, 15) is 0 Å². The lowest BCUT2D eigenvalue weighted by atomic mass is 10.0. The van der Waals surface area contributed by atoms with Gasteiger partial charge in [0.25, 0.3) is 0 Å². The van der Waals surface area contributed by atoms with E-state index >= 15 is 0 Å². The molecule has 0 aliphatic rings. The highest BCUT2D eigenvalue weighted by atomic mass is 32.1. The normalized spacial score (nSPS) is 11.3. The van der Waals surface area contributed by atoms with Crippen LogP contribution in [0.25, 0.3) is 4.96 Å². The van der Waals surface area contributed by atoms with Gasteiger partial charge < -0.3 is 5.73 Å². The summed E-state index contributed by atoms with van der Waals surface area (Å²) in [6, 6.07) is 8.48. The van der Waals surface area contributed by atoms with Crippen LogP contribution in [0.2, 0.25) is 0 Å². The van der Waals surface area contributed by atoms with Crippen LogP contribution in [0.1, 0.15) is 22.6 Å². The fraction of sp³-hybridized carbons (Fsp3) is 0.333. The predicted octanol–water partition coefficient (Wildman–Crippen LogP) is 2.39. The Bertz CT molecular complexity index is 714. The van der Waals surface area contributed by atoms with Crippen molar-refractivity contribution >= 4 is 16.3 Å². The summed E-state index contributed by atoms with van der Waals surface area (Å²) in [5, 5.41) is 6.69. The molecule has 104 valence electrons. The van der Waals surface area contributed by atoms with Crippen molar-refractivity contribution in [2.45, 2.75) is 26.2 Å². The van der Waals surface area contributed by atoms with Gasteiger partial charge in [-0.15, -0.1) is 11.3 Å². The minimum atomic E-state index is 0.643. The summed E-state index contributed by atoms with van der Waals surface area (Å²) in [6.07, 6.45) is 2.71. The number of rotatable bonds is 5. The van der Waals surface area contributed by atoms with Gasteiger partial charge in [-0.1, -0.05) is 24.3 Å². The number of aryl methyl sites for hydroxylation is 3. The van der Waals surface area contributed by atoms with Crippen molar-refractivity contribution < 1.29 is 0 Å². The number of aromatic nitrogens is 3. The smallest absolute Gasteiger partial charge is 0.212 e. The van der Waals surface area contributed by atoms with E-state index < -0.39 is 0 Å². The van der Waals surface area contributed by atoms with Gasteiger partial charge in [0, 0.05) is 18.2 Å². The maximum Gasteiger partial charge on any atom is 0.212 e. The van der Waals surface area contributed by atoms with Gasteiger partial charge in [0.05, 0.1) is 5.69 Å². The summed E-state index contributed by atoms with van der Waals surface area (Å²) in [5.74, 6) is 0.915. The average Bonchev–Trinajstić information content (AvgIpc) is 3.00. The van der Waals surface area contributed by atoms with Gasteiger partial charge in [0.2, 0.25) is 4.96 Å². The third-order valence-corrected chi connectivity index (χ3v) is 4.34. The Kier molecular flexibility index (Phi) is 3.80. The molecule has 1 aromatic carbocycles. The molecule has 0 unspecified atom stereocenters. The van der Waals surface area contributed by atoms with E-state index in [1.165, 1.54) is 11.1 Å². The summed E-state index contributed by atoms with van der Waals surface area (Å²) in [6.45, 7) is 2.79. The Morgan fingerprint density at radius 1 is 1.20 bits per heavy atom. The number of hydrogen-bond acceptors (Lipinski definition) is 4. The Morgan fingerprint density at radius 3 is 2.85 bits per heavy atom. The van der Waals surface area contributed by atoms with Gasteiger partial charge in [-0.05, 0) is 31.0 Å². The van der Waals surface area contributed by atoms with E-state index in [1.807, 2.05) is 4.52 Å². The van der Waals surface area contributed by atoms with Crippen LogP contribution in [-0.2, 0) is 19.3 Å². The van der Waals surface area contributed by atoms with Crippen LogP contribution in [0.15, 0.2) is 29.6 Å². The second kappa shape index (κ2) is 5.73. The molecule has 20 heavy (non-hydrogen) atoms. The first kappa shape index (κ1) is 13.3. The van der Waals surface area contributed by atoms with Crippen molar-refractivity contribution in [1.29, 1.82) is 0 Å². The summed E-state index contributed by atoms with van der Waals surface area (Å²) in [5.41, 5.74) is 9.47. The van der Waals surface area contributed by atoms with Gasteiger partial charge in [-0.25, -0.2) is 9.50 Å². The fourth-order valence-electron chi connectivity index (χ4n) is 2.33. The van der Waals surface area contributed by atoms with Gasteiger partial charge in [0.1, 0.15) is 0 Å². The Morgan fingerprint density at radius 2 is 2.05 bits per heavy atom. The predicted molar refractivity (Wildman–Crippen MR) is 82.2 cm³/mol. The summed E-state index contributed by atoms with van der Waals surface area (Å²) in [7, 11) is 0. The minimum absolute atomic E-state index is 0.643. The molecule has 0 atom stereocenters. The highest BCUT2D eigenvalue weighted by Gasteiger charge is 2.09. The summed E-state index contributed by atoms with van der Waals surface area (Å²) >= 11 is 1.63. The number of thiazole rings is 1. The molecule has 3 rings (SSSR count). The highest BCUT2D eigenvalue weighted by Crippen LogP contribution is 2.16. The molecule has 4 nitrogen and oxygen atoms in total. The Balaban J connectivity index is 1.76. The van der Waals surface area contributed by atoms with Crippen molar-refractivity contribution in [3.8, 4) is 0 Å². The molecule has 2 heterocycles. The van der Waals surface area contributed by atoms with Gasteiger partial charge in [-0.3, -0.25) is 0 Å². The second-order valence-corrected chi connectivity index (χ2v) is 5.75. The fourth-order valence-corrected chi connectivity index (χ4v) is 3.20. The third kappa shape index (κ3) is 2.59. The summed E-state index contributed by atoms with van der Waals surface area (Å²) in [4.78, 5) is 5.56. The van der Waals surface area contributed by atoms with Crippen LogP contribution in [0.5, 0.6) is 0 Å². The molecule has 0 amide bonds. The maximum absolute atomic E-state index is 5.61. The van der Waals surface area contributed by atoms with Gasteiger partial charge in [0.15, 0.2) is 5.82 Å². The Labute approximate surface area is 122 Å². The zero-order valence-corrected chi connectivity index (χ0v) is 12.4. The molecular formula is C15H18N4S. The van der Waals surface area contributed by atoms with E-state index in [4.69, 9.17) is 5.73 Å². The summed E-state index contributed by atoms with van der Waals surface area (Å²) < 4.78 is 1.94. The molecule has 0 aliphatic carbocycles. The SMILES string of the molecule is Cc1ccccc1CCc1nc2scc(CCN)n2n1. The Hall–Kier alpha value is -1.72. The number of hydrogen-bond donors (Lipinski definition) is 1. The topological polar surface area (TPSA) is 56.2 Å². The molecule has 0 saturated heterocycles. The molecule has 3 aromatic rings. The minimum Gasteiger partial charge on any atom is -0.330 e. The molecule has 2 aromatic heterocycles. The standard InChI is InChI=1S/C15H18N4S/c1-11-4-2-3-5-12(11)6-7-14-17-15-19(18-14)13(8-9-16)10-20-15/h2-5,10H,6-9,16H2,1H3.